The minimum Gasteiger partial charge on any atom is -0.393 e. The van der Waals surface area contributed by atoms with E-state index in [4.69, 9.17) is 0 Å². The topological polar surface area (TPSA) is 82.5 Å². The van der Waals surface area contributed by atoms with Crippen LogP contribution in [0.5, 0.6) is 0 Å². The molecule has 0 bridgehead atoms. The zero-order valence-corrected chi connectivity index (χ0v) is 18.2. The minimum atomic E-state index is -0.837. The lowest BCUT2D eigenvalue weighted by Gasteiger charge is -2.49. The van der Waals surface area contributed by atoms with Gasteiger partial charge < -0.3 is 15.5 Å². The highest BCUT2D eigenvalue weighted by molar-refractivity contribution is 6.05. The van der Waals surface area contributed by atoms with E-state index in [0.717, 1.165) is 56.9 Å². The van der Waals surface area contributed by atoms with E-state index in [1.54, 1.807) is 12.4 Å². The molecule has 1 heterocycles. The zero-order valence-electron chi connectivity index (χ0n) is 18.2. The van der Waals surface area contributed by atoms with Crippen molar-refractivity contribution in [2.45, 2.75) is 70.0 Å². The van der Waals surface area contributed by atoms with Crippen LogP contribution in [-0.4, -0.2) is 32.8 Å². The molecule has 7 atom stereocenters. The number of nitrogens with zero attached hydrogens (tertiary/aromatic N) is 1. The maximum atomic E-state index is 13.2. The predicted molar refractivity (Wildman–Crippen MR) is 118 cm³/mol. The number of hydrogen-bond donors (Lipinski definition) is 3. The number of hydrogen-bond acceptors (Lipinski definition) is 4. The van der Waals surface area contributed by atoms with Gasteiger partial charge in [0.1, 0.15) is 0 Å². The van der Waals surface area contributed by atoms with Crippen molar-refractivity contribution in [1.29, 1.82) is 0 Å². The summed E-state index contributed by atoms with van der Waals surface area (Å²) in [4.78, 5) is 17.3. The first-order chi connectivity index (χ1) is 14.9. The van der Waals surface area contributed by atoms with Gasteiger partial charge in [0.25, 0.3) is 5.91 Å². The summed E-state index contributed by atoms with van der Waals surface area (Å²) in [5, 5.41) is 25.6. The molecule has 3 fully saturated rings. The Labute approximate surface area is 183 Å². The Bertz CT molecular complexity index is 988. The van der Waals surface area contributed by atoms with Crippen LogP contribution in [0.2, 0.25) is 0 Å². The molecule has 1 amide bonds. The van der Waals surface area contributed by atoms with Gasteiger partial charge in [0.05, 0.1) is 23.6 Å². The van der Waals surface area contributed by atoms with E-state index in [9.17, 15) is 15.0 Å². The van der Waals surface area contributed by atoms with Crippen molar-refractivity contribution in [1.82, 2.24) is 4.98 Å². The first-order valence-electron chi connectivity index (χ1n) is 11.9. The number of carbonyl (C=O) groups excluding carboxylic acids is 1. The Kier molecular flexibility index (Phi) is 4.14. The van der Waals surface area contributed by atoms with Gasteiger partial charge in [0, 0.05) is 23.1 Å². The largest absolute Gasteiger partial charge is 0.393 e. The molecule has 0 aromatic carbocycles. The van der Waals surface area contributed by atoms with Crippen molar-refractivity contribution < 1.29 is 15.0 Å². The third-order valence-corrected chi connectivity index (χ3v) is 9.57. The van der Waals surface area contributed by atoms with Crippen LogP contribution in [0.4, 0.5) is 5.69 Å². The number of aliphatic hydroxyl groups excluding tert-OH is 1. The molecular weight excluding hydrogens is 388 g/mol. The summed E-state index contributed by atoms with van der Waals surface area (Å²) in [6.45, 7) is 2.16. The van der Waals surface area contributed by atoms with Crippen molar-refractivity contribution in [3.8, 4) is 0 Å². The van der Waals surface area contributed by atoms with Gasteiger partial charge in [0.2, 0.25) is 0 Å². The highest BCUT2D eigenvalue weighted by Gasteiger charge is 2.69. The quantitative estimate of drug-likeness (QED) is 0.632. The van der Waals surface area contributed by atoms with Crippen molar-refractivity contribution >= 4 is 11.6 Å². The molecule has 1 spiro atoms. The third kappa shape index (κ3) is 2.69. The fraction of sp³-hybridized carbons (Fsp3) is 0.615. The number of nitrogens with one attached hydrogen (secondary N) is 1. The normalized spacial score (nSPS) is 45.1. The number of pyridine rings is 1. The number of rotatable bonds is 2. The number of allylic oxidation sites excluding steroid dienone is 2. The van der Waals surface area contributed by atoms with E-state index < -0.39 is 5.60 Å². The molecule has 3 N–H and O–H groups in total. The van der Waals surface area contributed by atoms with Gasteiger partial charge in [-0.05, 0) is 86.3 Å². The molecule has 5 nitrogen and oxygen atoms in total. The van der Waals surface area contributed by atoms with E-state index in [0.29, 0.717) is 17.5 Å². The van der Waals surface area contributed by atoms with Gasteiger partial charge in [-0.25, -0.2) is 0 Å². The average molecular weight is 421 g/mol. The highest BCUT2D eigenvalue weighted by Crippen LogP contribution is 2.73. The predicted octanol–water partition coefficient (Wildman–Crippen LogP) is 4.00. The van der Waals surface area contributed by atoms with Gasteiger partial charge in [0.15, 0.2) is 0 Å². The maximum absolute atomic E-state index is 13.2. The minimum absolute atomic E-state index is 0.0392. The van der Waals surface area contributed by atoms with Gasteiger partial charge in [-0.3, -0.25) is 9.78 Å². The van der Waals surface area contributed by atoms with Crippen LogP contribution in [0.15, 0.2) is 47.8 Å². The molecule has 0 radical (unpaired) electrons. The van der Waals surface area contributed by atoms with E-state index in [-0.39, 0.29) is 28.8 Å². The second-order valence-corrected chi connectivity index (χ2v) is 11.0. The lowest BCUT2D eigenvalue weighted by molar-refractivity contribution is -0.115. The number of aliphatic hydroxyl groups is 2. The van der Waals surface area contributed by atoms with Crippen molar-refractivity contribution in [2.75, 3.05) is 5.32 Å². The first-order valence-corrected chi connectivity index (χ1v) is 11.9. The molecule has 31 heavy (non-hydrogen) atoms. The molecule has 0 saturated heterocycles. The molecule has 6 unspecified atom stereocenters. The molecular formula is C26H32N2O3. The Morgan fingerprint density at radius 1 is 1.23 bits per heavy atom. The fourth-order valence-corrected chi connectivity index (χ4v) is 7.97. The Morgan fingerprint density at radius 2 is 2.10 bits per heavy atom. The van der Waals surface area contributed by atoms with Crippen LogP contribution in [0.1, 0.15) is 58.3 Å². The van der Waals surface area contributed by atoms with Gasteiger partial charge >= 0.3 is 0 Å². The van der Waals surface area contributed by atoms with Gasteiger partial charge in [-0.15, -0.1) is 0 Å². The number of anilines is 1. The SMILES string of the molecule is CC12CC=C3C4CC45CC(O)CCC5CC[C@]3(O)C1CC=C2C(=O)Nc1cccnc1. The summed E-state index contributed by atoms with van der Waals surface area (Å²) < 4.78 is 0. The first kappa shape index (κ1) is 19.7. The lowest BCUT2D eigenvalue weighted by Crippen LogP contribution is -2.50. The van der Waals surface area contributed by atoms with Crippen LogP contribution in [0.3, 0.4) is 0 Å². The zero-order chi connectivity index (χ0) is 21.4. The summed E-state index contributed by atoms with van der Waals surface area (Å²) in [5.41, 5.74) is 1.75. The average Bonchev–Trinajstić information content (AvgIpc) is 3.31. The fourth-order valence-electron chi connectivity index (χ4n) is 7.97. The third-order valence-electron chi connectivity index (χ3n) is 9.57. The smallest absolute Gasteiger partial charge is 0.251 e. The van der Waals surface area contributed by atoms with E-state index in [1.807, 2.05) is 12.1 Å². The standard InChI is InChI=1S/C26H32N2O3/c1-24-10-9-19-21-14-25(21)13-18(29)5-4-16(25)8-11-26(19,31)22(24)7-6-20(24)23(30)28-17-3-2-12-27-15-17/h2-3,6,9,12,15-16,18,21-22,29,31H,4-5,7-8,10-11,13-14H2,1H3,(H,28,30)/t16?,18?,21?,22?,24?,25?,26-/m1/s1. The summed E-state index contributed by atoms with van der Waals surface area (Å²) in [7, 11) is 0. The Balaban J connectivity index is 1.30. The van der Waals surface area contributed by atoms with E-state index in [1.165, 1.54) is 5.57 Å². The lowest BCUT2D eigenvalue weighted by atomic mass is 9.58. The summed E-state index contributed by atoms with van der Waals surface area (Å²) in [6, 6.07) is 3.66. The number of amides is 1. The maximum Gasteiger partial charge on any atom is 0.251 e. The van der Waals surface area contributed by atoms with Crippen molar-refractivity contribution in [2.24, 2.45) is 28.6 Å². The molecule has 5 aliphatic carbocycles. The molecule has 164 valence electrons. The Hall–Kier alpha value is -1.98. The second-order valence-electron chi connectivity index (χ2n) is 11.0. The highest BCUT2D eigenvalue weighted by atomic mass is 16.3. The van der Waals surface area contributed by atoms with Gasteiger partial charge in [-0.1, -0.05) is 19.1 Å². The monoisotopic (exact) mass is 420 g/mol. The van der Waals surface area contributed by atoms with Crippen LogP contribution in [0, 0.1) is 28.6 Å². The number of fused-ring (bicyclic) bond motifs is 4. The van der Waals surface area contributed by atoms with E-state index in [2.05, 4.69) is 29.4 Å². The molecule has 3 saturated carbocycles. The van der Waals surface area contributed by atoms with Gasteiger partial charge in [-0.2, -0.15) is 0 Å². The molecule has 0 aliphatic heterocycles. The van der Waals surface area contributed by atoms with Crippen LogP contribution in [-0.2, 0) is 4.79 Å². The number of aromatic nitrogens is 1. The molecule has 5 heteroatoms. The van der Waals surface area contributed by atoms with Crippen LogP contribution >= 0.6 is 0 Å². The second kappa shape index (κ2) is 6.52. The Morgan fingerprint density at radius 3 is 2.90 bits per heavy atom. The van der Waals surface area contributed by atoms with E-state index >= 15 is 0 Å². The molecule has 1 aromatic rings. The van der Waals surface area contributed by atoms with Crippen molar-refractivity contribution in [3.63, 3.8) is 0 Å². The molecule has 5 aliphatic rings. The van der Waals surface area contributed by atoms with Crippen LogP contribution in [0.25, 0.3) is 0 Å². The summed E-state index contributed by atoms with van der Waals surface area (Å²) >= 11 is 0. The van der Waals surface area contributed by atoms with Crippen LogP contribution < -0.4 is 5.32 Å². The summed E-state index contributed by atoms with van der Waals surface area (Å²) in [5.74, 6) is 0.993. The number of carbonyl (C=O) groups is 1. The molecule has 6 rings (SSSR count). The molecule has 1 aromatic heterocycles. The summed E-state index contributed by atoms with van der Waals surface area (Å²) in [6.07, 6.45) is 14.9. The van der Waals surface area contributed by atoms with Crippen molar-refractivity contribution in [3.05, 3.63) is 47.8 Å².